The van der Waals surface area contributed by atoms with Crippen LogP contribution in [0, 0.1) is 13.8 Å². The van der Waals surface area contributed by atoms with Crippen LogP contribution in [0.3, 0.4) is 0 Å². The van der Waals surface area contributed by atoms with Crippen molar-refractivity contribution in [2.24, 2.45) is 7.05 Å². The lowest BCUT2D eigenvalue weighted by atomic mass is 10.1. The zero-order chi connectivity index (χ0) is 13.6. The van der Waals surface area contributed by atoms with Gasteiger partial charge in [-0.05, 0) is 26.0 Å². The fourth-order valence-electron chi connectivity index (χ4n) is 2.24. The van der Waals surface area contributed by atoms with E-state index in [1.807, 2.05) is 33.0 Å². The Hall–Kier alpha value is -2.30. The van der Waals surface area contributed by atoms with Gasteiger partial charge in [0.05, 0.1) is 11.0 Å². The minimum atomic E-state index is 0.532. The fraction of sp³-hybridized carbons (Fsp3) is 0.286. The standard InChI is InChI=1S/C14H16N4O/c1-8-13(17-14(15-3)19-8)10-5-6-12-11(7-10)16-9(2)18(12)4/h5-7H,1-4H3,(H,15,17). The van der Waals surface area contributed by atoms with Gasteiger partial charge in [0, 0.05) is 19.7 Å². The summed E-state index contributed by atoms with van der Waals surface area (Å²) in [5, 5.41) is 2.91. The number of imidazole rings is 1. The summed E-state index contributed by atoms with van der Waals surface area (Å²) in [7, 11) is 3.81. The van der Waals surface area contributed by atoms with Crippen molar-refractivity contribution in [3.05, 3.63) is 29.8 Å². The van der Waals surface area contributed by atoms with Crippen molar-refractivity contribution in [1.82, 2.24) is 14.5 Å². The van der Waals surface area contributed by atoms with Gasteiger partial charge in [0.15, 0.2) is 0 Å². The molecule has 0 amide bonds. The van der Waals surface area contributed by atoms with Gasteiger partial charge in [-0.1, -0.05) is 6.07 Å². The van der Waals surface area contributed by atoms with Gasteiger partial charge in [-0.3, -0.25) is 0 Å². The molecule has 3 aromatic rings. The van der Waals surface area contributed by atoms with Crippen LogP contribution >= 0.6 is 0 Å². The molecule has 1 N–H and O–H groups in total. The Labute approximate surface area is 111 Å². The predicted octanol–water partition coefficient (Wildman–Crippen LogP) is 2.89. The summed E-state index contributed by atoms with van der Waals surface area (Å²) in [6, 6.07) is 6.70. The van der Waals surface area contributed by atoms with E-state index >= 15 is 0 Å². The second kappa shape index (κ2) is 4.12. The van der Waals surface area contributed by atoms with Crippen LogP contribution in [0.15, 0.2) is 22.6 Å². The largest absolute Gasteiger partial charge is 0.428 e. The van der Waals surface area contributed by atoms with E-state index in [1.165, 1.54) is 0 Å². The van der Waals surface area contributed by atoms with E-state index in [4.69, 9.17) is 4.42 Å². The first-order valence-corrected chi connectivity index (χ1v) is 6.19. The molecular formula is C14H16N4O. The highest BCUT2D eigenvalue weighted by Gasteiger charge is 2.12. The van der Waals surface area contributed by atoms with Crippen molar-refractivity contribution in [2.75, 3.05) is 12.4 Å². The van der Waals surface area contributed by atoms with Crippen molar-refractivity contribution >= 4 is 17.0 Å². The van der Waals surface area contributed by atoms with Crippen LogP contribution in [0.1, 0.15) is 11.6 Å². The Kier molecular flexibility index (Phi) is 2.55. The maximum atomic E-state index is 5.51. The van der Waals surface area contributed by atoms with Crippen LogP contribution in [0.25, 0.3) is 22.3 Å². The lowest BCUT2D eigenvalue weighted by Crippen LogP contribution is -1.90. The molecule has 2 aromatic heterocycles. The number of nitrogens with one attached hydrogen (secondary N) is 1. The lowest BCUT2D eigenvalue weighted by Gasteiger charge is -1.99. The number of nitrogens with zero attached hydrogens (tertiary/aromatic N) is 3. The first-order chi connectivity index (χ1) is 9.10. The van der Waals surface area contributed by atoms with E-state index in [2.05, 4.69) is 25.9 Å². The number of benzene rings is 1. The maximum Gasteiger partial charge on any atom is 0.295 e. The predicted molar refractivity (Wildman–Crippen MR) is 75.2 cm³/mol. The molecule has 0 spiro atoms. The molecule has 0 aliphatic heterocycles. The lowest BCUT2D eigenvalue weighted by molar-refractivity contribution is 0.544. The first-order valence-electron chi connectivity index (χ1n) is 6.19. The Balaban J connectivity index is 2.17. The monoisotopic (exact) mass is 256 g/mol. The number of rotatable bonds is 2. The van der Waals surface area contributed by atoms with E-state index in [9.17, 15) is 0 Å². The van der Waals surface area contributed by atoms with Crippen LogP contribution in [-0.4, -0.2) is 21.6 Å². The molecule has 0 fully saturated rings. The summed E-state index contributed by atoms with van der Waals surface area (Å²) >= 11 is 0. The summed E-state index contributed by atoms with van der Waals surface area (Å²) in [6.07, 6.45) is 0. The fourth-order valence-corrected chi connectivity index (χ4v) is 2.24. The molecule has 0 bridgehead atoms. The molecular weight excluding hydrogens is 240 g/mol. The second-order valence-electron chi connectivity index (χ2n) is 4.60. The number of hydrogen-bond acceptors (Lipinski definition) is 4. The Bertz CT molecular complexity index is 754. The van der Waals surface area contributed by atoms with Gasteiger partial charge in [0.2, 0.25) is 0 Å². The normalized spacial score (nSPS) is 11.2. The molecule has 0 atom stereocenters. The topological polar surface area (TPSA) is 55.9 Å². The van der Waals surface area contributed by atoms with Gasteiger partial charge >= 0.3 is 0 Å². The molecule has 0 aliphatic rings. The molecule has 98 valence electrons. The van der Waals surface area contributed by atoms with Crippen molar-refractivity contribution in [1.29, 1.82) is 0 Å². The van der Waals surface area contributed by atoms with Gasteiger partial charge in [-0.2, -0.15) is 4.98 Å². The highest BCUT2D eigenvalue weighted by Crippen LogP contribution is 2.28. The van der Waals surface area contributed by atoms with E-state index in [-0.39, 0.29) is 0 Å². The molecule has 0 saturated carbocycles. The number of hydrogen-bond donors (Lipinski definition) is 1. The van der Waals surface area contributed by atoms with E-state index < -0.39 is 0 Å². The van der Waals surface area contributed by atoms with Crippen molar-refractivity contribution in [2.45, 2.75) is 13.8 Å². The van der Waals surface area contributed by atoms with Crippen molar-refractivity contribution in [3.8, 4) is 11.3 Å². The summed E-state index contributed by atoms with van der Waals surface area (Å²) in [6.45, 7) is 3.91. The molecule has 0 unspecified atom stereocenters. The summed E-state index contributed by atoms with van der Waals surface area (Å²) in [4.78, 5) is 8.97. The van der Waals surface area contributed by atoms with Gasteiger partial charge in [-0.15, -0.1) is 0 Å². The molecule has 0 saturated heterocycles. The molecule has 0 radical (unpaired) electrons. The zero-order valence-corrected chi connectivity index (χ0v) is 11.5. The molecule has 3 rings (SSSR count). The Morgan fingerprint density at radius 2 is 2.00 bits per heavy atom. The summed E-state index contributed by atoms with van der Waals surface area (Å²) in [5.41, 5.74) is 3.98. The number of aromatic nitrogens is 3. The molecule has 2 heterocycles. The highest BCUT2D eigenvalue weighted by atomic mass is 16.4. The number of anilines is 1. The smallest absolute Gasteiger partial charge is 0.295 e. The van der Waals surface area contributed by atoms with Gasteiger partial charge in [0.1, 0.15) is 17.3 Å². The van der Waals surface area contributed by atoms with Crippen molar-refractivity contribution < 1.29 is 4.42 Å². The van der Waals surface area contributed by atoms with Crippen LogP contribution in [-0.2, 0) is 7.05 Å². The second-order valence-corrected chi connectivity index (χ2v) is 4.60. The van der Waals surface area contributed by atoms with Crippen LogP contribution < -0.4 is 5.32 Å². The molecule has 0 aliphatic carbocycles. The molecule has 19 heavy (non-hydrogen) atoms. The van der Waals surface area contributed by atoms with Gasteiger partial charge in [-0.25, -0.2) is 4.98 Å². The van der Waals surface area contributed by atoms with Gasteiger partial charge in [0.25, 0.3) is 6.01 Å². The third-order valence-corrected chi connectivity index (χ3v) is 3.39. The maximum absolute atomic E-state index is 5.51. The van der Waals surface area contributed by atoms with Crippen LogP contribution in [0.4, 0.5) is 6.01 Å². The quantitative estimate of drug-likeness (QED) is 0.766. The molecule has 5 nitrogen and oxygen atoms in total. The Morgan fingerprint density at radius 3 is 2.68 bits per heavy atom. The average molecular weight is 256 g/mol. The van der Waals surface area contributed by atoms with Crippen LogP contribution in [0.5, 0.6) is 0 Å². The van der Waals surface area contributed by atoms with E-state index in [1.54, 1.807) is 7.05 Å². The number of oxazole rings is 1. The summed E-state index contributed by atoms with van der Waals surface area (Å²) < 4.78 is 7.59. The number of aryl methyl sites for hydroxylation is 3. The van der Waals surface area contributed by atoms with E-state index in [0.29, 0.717) is 6.01 Å². The minimum absolute atomic E-state index is 0.532. The third kappa shape index (κ3) is 1.78. The van der Waals surface area contributed by atoms with E-state index in [0.717, 1.165) is 33.9 Å². The third-order valence-electron chi connectivity index (χ3n) is 3.39. The molecule has 1 aromatic carbocycles. The highest BCUT2D eigenvalue weighted by molar-refractivity contribution is 5.82. The summed E-state index contributed by atoms with van der Waals surface area (Å²) in [5.74, 6) is 1.80. The molecule has 5 heteroatoms. The first kappa shape index (κ1) is 11.8. The van der Waals surface area contributed by atoms with Crippen LogP contribution in [0.2, 0.25) is 0 Å². The number of fused-ring (bicyclic) bond motifs is 1. The minimum Gasteiger partial charge on any atom is -0.428 e. The Morgan fingerprint density at radius 1 is 1.21 bits per heavy atom. The SMILES string of the molecule is CNc1nc(-c2ccc3c(c2)nc(C)n3C)c(C)o1. The van der Waals surface area contributed by atoms with Crippen molar-refractivity contribution in [3.63, 3.8) is 0 Å². The zero-order valence-electron chi connectivity index (χ0n) is 11.5. The van der Waals surface area contributed by atoms with Gasteiger partial charge < -0.3 is 14.3 Å². The average Bonchev–Trinajstić information content (AvgIpc) is 2.91.